The summed E-state index contributed by atoms with van der Waals surface area (Å²) >= 11 is 0. The number of carbonyl (C=O) groups is 3. The fourth-order valence-electron chi connectivity index (χ4n) is 4.60. The van der Waals surface area contributed by atoms with Gasteiger partial charge in [-0.05, 0) is 72.0 Å². The first kappa shape index (κ1) is 26.6. The average molecular weight is 515 g/mol. The molecule has 8 heteroatoms. The van der Waals surface area contributed by atoms with Gasteiger partial charge in [-0.15, -0.1) is 0 Å². The number of anilines is 1. The minimum Gasteiger partial charge on any atom is -0.507 e. The molecular formula is C30H30N2O6. The zero-order valence-corrected chi connectivity index (χ0v) is 21.8. The highest BCUT2D eigenvalue weighted by molar-refractivity contribution is 6.51. The lowest BCUT2D eigenvalue weighted by Crippen LogP contribution is -2.29. The molecule has 4 rings (SSSR count). The molecule has 1 aliphatic rings. The van der Waals surface area contributed by atoms with Gasteiger partial charge in [0.25, 0.3) is 11.7 Å². The molecule has 196 valence electrons. The number of aliphatic hydroxyl groups is 1. The number of carbonyl (C=O) groups excluding carboxylic acids is 3. The van der Waals surface area contributed by atoms with Gasteiger partial charge in [0.1, 0.15) is 11.5 Å². The van der Waals surface area contributed by atoms with Crippen LogP contribution in [-0.4, -0.2) is 41.5 Å². The van der Waals surface area contributed by atoms with Crippen LogP contribution in [0, 0.1) is 0 Å². The van der Waals surface area contributed by atoms with Crippen molar-refractivity contribution in [1.82, 2.24) is 4.98 Å². The van der Waals surface area contributed by atoms with Crippen molar-refractivity contribution in [2.45, 2.75) is 39.2 Å². The molecule has 1 unspecified atom stereocenters. The summed E-state index contributed by atoms with van der Waals surface area (Å²) in [5.74, 6) is -1.39. The van der Waals surface area contributed by atoms with Gasteiger partial charge in [-0.3, -0.25) is 24.3 Å². The van der Waals surface area contributed by atoms with Crippen LogP contribution in [-0.2, 0) is 25.5 Å². The zero-order valence-electron chi connectivity index (χ0n) is 21.8. The van der Waals surface area contributed by atoms with Gasteiger partial charge in [0.2, 0.25) is 0 Å². The quantitative estimate of drug-likeness (QED) is 0.196. The summed E-state index contributed by atoms with van der Waals surface area (Å²) < 4.78 is 10.5. The number of nitrogens with zero attached hydrogens (tertiary/aromatic N) is 2. The Morgan fingerprint density at radius 2 is 1.74 bits per heavy atom. The zero-order chi connectivity index (χ0) is 27.4. The largest absolute Gasteiger partial charge is 0.507 e. The fraction of sp³-hybridized carbons (Fsp3) is 0.267. The van der Waals surface area contributed by atoms with Crippen LogP contribution in [0.2, 0.25) is 0 Å². The first-order valence-corrected chi connectivity index (χ1v) is 12.4. The molecule has 0 aliphatic carbocycles. The average Bonchev–Trinajstić information content (AvgIpc) is 3.19. The summed E-state index contributed by atoms with van der Waals surface area (Å²) in [6.07, 6.45) is 3.24. The van der Waals surface area contributed by atoms with Crippen LogP contribution in [0.3, 0.4) is 0 Å². The Balaban J connectivity index is 1.82. The van der Waals surface area contributed by atoms with Crippen molar-refractivity contribution in [3.63, 3.8) is 0 Å². The summed E-state index contributed by atoms with van der Waals surface area (Å²) in [4.78, 5) is 44.1. The minimum absolute atomic E-state index is 0.0170. The lowest BCUT2D eigenvalue weighted by molar-refractivity contribution is -0.142. The molecule has 0 spiro atoms. The highest BCUT2D eigenvalue weighted by Gasteiger charge is 2.47. The van der Waals surface area contributed by atoms with Gasteiger partial charge in [0.05, 0.1) is 31.8 Å². The normalized spacial score (nSPS) is 16.7. The van der Waals surface area contributed by atoms with Crippen LogP contribution >= 0.6 is 0 Å². The first-order chi connectivity index (χ1) is 18.3. The van der Waals surface area contributed by atoms with E-state index in [9.17, 15) is 19.5 Å². The molecule has 2 aromatic carbocycles. The molecule has 0 bridgehead atoms. The lowest BCUT2D eigenvalue weighted by Gasteiger charge is -2.25. The van der Waals surface area contributed by atoms with Crippen LogP contribution in [0.4, 0.5) is 5.69 Å². The molecule has 38 heavy (non-hydrogen) atoms. The molecule has 1 amide bonds. The van der Waals surface area contributed by atoms with E-state index in [1.807, 2.05) is 13.8 Å². The SMILES string of the molecule is CCOC(=O)Cc1ccc(N2C(=O)C(=O)/C(=C(\O)c3ccc(OC)c(C(C)C)c3)C2c2ccncc2)cc1. The predicted octanol–water partition coefficient (Wildman–Crippen LogP) is 4.95. The smallest absolute Gasteiger partial charge is 0.310 e. The number of amides is 1. The van der Waals surface area contributed by atoms with Crippen LogP contribution in [0.15, 0.2) is 72.6 Å². The topological polar surface area (TPSA) is 106 Å². The molecule has 8 nitrogen and oxygen atoms in total. The molecule has 1 fully saturated rings. The van der Waals surface area contributed by atoms with Crippen molar-refractivity contribution in [1.29, 1.82) is 0 Å². The second kappa shape index (κ2) is 11.3. The number of pyridine rings is 1. The predicted molar refractivity (Wildman–Crippen MR) is 143 cm³/mol. The number of hydrogen-bond acceptors (Lipinski definition) is 7. The molecular weight excluding hydrogens is 484 g/mol. The Morgan fingerprint density at radius 1 is 1.05 bits per heavy atom. The molecule has 1 N–H and O–H groups in total. The molecule has 0 saturated carbocycles. The van der Waals surface area contributed by atoms with Gasteiger partial charge in [-0.25, -0.2) is 0 Å². The second-order valence-electron chi connectivity index (χ2n) is 9.21. The summed E-state index contributed by atoms with van der Waals surface area (Å²) in [5, 5.41) is 11.4. The van der Waals surface area contributed by atoms with Crippen LogP contribution in [0.25, 0.3) is 5.76 Å². The molecule has 1 saturated heterocycles. The molecule has 3 aromatic rings. The number of Topliss-reactive ketones (excluding diaryl/α,β-unsaturated/α-hetero) is 1. The Hall–Kier alpha value is -4.46. The first-order valence-electron chi connectivity index (χ1n) is 12.4. The number of ether oxygens (including phenoxy) is 2. The number of methoxy groups -OCH3 is 1. The van der Waals surface area contributed by atoms with Crippen molar-refractivity contribution < 1.29 is 29.0 Å². The summed E-state index contributed by atoms with van der Waals surface area (Å²) in [6.45, 7) is 6.04. The van der Waals surface area contributed by atoms with Crippen LogP contribution in [0.5, 0.6) is 5.75 Å². The van der Waals surface area contributed by atoms with Gasteiger partial charge in [-0.1, -0.05) is 26.0 Å². The Kier molecular flexibility index (Phi) is 7.90. The summed E-state index contributed by atoms with van der Waals surface area (Å²) in [5.41, 5.74) is 3.05. The number of ketones is 1. The summed E-state index contributed by atoms with van der Waals surface area (Å²) in [7, 11) is 1.58. The molecule has 1 atom stereocenters. The van der Waals surface area contributed by atoms with Crippen molar-refractivity contribution in [2.75, 3.05) is 18.6 Å². The monoisotopic (exact) mass is 514 g/mol. The van der Waals surface area contributed by atoms with Crippen molar-refractivity contribution in [2.24, 2.45) is 0 Å². The maximum atomic E-state index is 13.4. The van der Waals surface area contributed by atoms with E-state index in [4.69, 9.17) is 9.47 Å². The van der Waals surface area contributed by atoms with Crippen LogP contribution < -0.4 is 9.64 Å². The third-order valence-corrected chi connectivity index (χ3v) is 6.46. The van der Waals surface area contributed by atoms with E-state index < -0.39 is 17.7 Å². The second-order valence-corrected chi connectivity index (χ2v) is 9.21. The molecule has 1 aromatic heterocycles. The van der Waals surface area contributed by atoms with Crippen molar-refractivity contribution in [3.8, 4) is 5.75 Å². The van der Waals surface area contributed by atoms with E-state index in [1.54, 1.807) is 81.0 Å². The highest BCUT2D eigenvalue weighted by atomic mass is 16.5. The fourth-order valence-corrected chi connectivity index (χ4v) is 4.60. The van der Waals surface area contributed by atoms with E-state index >= 15 is 0 Å². The van der Waals surface area contributed by atoms with E-state index in [0.717, 1.165) is 5.56 Å². The number of benzene rings is 2. The lowest BCUT2D eigenvalue weighted by atomic mass is 9.93. The van der Waals surface area contributed by atoms with Gasteiger partial charge in [0.15, 0.2) is 0 Å². The maximum Gasteiger partial charge on any atom is 0.310 e. The number of rotatable bonds is 8. The third-order valence-electron chi connectivity index (χ3n) is 6.46. The van der Waals surface area contributed by atoms with Gasteiger partial charge in [-0.2, -0.15) is 0 Å². The molecule has 1 aliphatic heterocycles. The highest BCUT2D eigenvalue weighted by Crippen LogP contribution is 2.42. The summed E-state index contributed by atoms with van der Waals surface area (Å²) in [6, 6.07) is 14.5. The Bertz CT molecular complexity index is 1380. The standard InChI is InChI=1S/C30H30N2O6/c1-5-38-25(33)16-19-6-9-22(10-7-19)32-27(20-12-14-31-15-13-20)26(29(35)30(32)36)28(34)21-8-11-24(37-4)23(17-21)18(2)3/h6-15,17-18,27,34H,5,16H2,1-4H3/b28-26-. The van der Waals surface area contributed by atoms with E-state index in [1.165, 1.54) is 4.90 Å². The molecule has 2 heterocycles. The Labute approximate surface area is 221 Å². The van der Waals surface area contributed by atoms with Gasteiger partial charge >= 0.3 is 5.97 Å². The number of aliphatic hydroxyl groups excluding tert-OH is 1. The molecule has 0 radical (unpaired) electrons. The third kappa shape index (κ3) is 5.16. The minimum atomic E-state index is -0.876. The van der Waals surface area contributed by atoms with E-state index in [-0.39, 0.29) is 29.6 Å². The van der Waals surface area contributed by atoms with Gasteiger partial charge in [0, 0.05) is 23.6 Å². The Morgan fingerprint density at radius 3 is 2.34 bits per heavy atom. The van der Waals surface area contributed by atoms with Crippen molar-refractivity contribution in [3.05, 3.63) is 94.8 Å². The van der Waals surface area contributed by atoms with Crippen LogP contribution in [0.1, 0.15) is 55.0 Å². The van der Waals surface area contributed by atoms with Gasteiger partial charge < -0.3 is 14.6 Å². The van der Waals surface area contributed by atoms with Crippen molar-refractivity contribution >= 4 is 29.1 Å². The van der Waals surface area contributed by atoms with E-state index in [0.29, 0.717) is 34.7 Å². The number of esters is 1. The number of aromatic nitrogens is 1. The maximum absolute atomic E-state index is 13.4. The van der Waals surface area contributed by atoms with E-state index in [2.05, 4.69) is 4.98 Å². The number of hydrogen-bond donors (Lipinski definition) is 1.